The van der Waals surface area contributed by atoms with Gasteiger partial charge < -0.3 is 25.5 Å². The van der Waals surface area contributed by atoms with E-state index in [-0.39, 0.29) is 17.5 Å². The van der Waals surface area contributed by atoms with Crippen LogP contribution in [0.25, 0.3) is 0 Å². The molecular formula is C19H25BN2O4. The lowest BCUT2D eigenvalue weighted by atomic mass is 9.69. The molecule has 4 N–H and O–H groups in total. The normalized spacial score (nSPS) is 23.9. The van der Waals surface area contributed by atoms with Crippen LogP contribution in [0.2, 0.25) is 0 Å². The first-order valence-corrected chi connectivity index (χ1v) is 9.46. The highest BCUT2D eigenvalue weighted by atomic mass is 16.6. The average molecular weight is 356 g/mol. The summed E-state index contributed by atoms with van der Waals surface area (Å²) in [5, 5.41) is 12.9. The van der Waals surface area contributed by atoms with E-state index in [0.717, 1.165) is 29.9 Å². The van der Waals surface area contributed by atoms with Crippen molar-refractivity contribution in [1.29, 1.82) is 0 Å². The molecule has 0 aromatic heterocycles. The zero-order valence-electron chi connectivity index (χ0n) is 15.0. The molecule has 138 valence electrons. The lowest BCUT2D eigenvalue weighted by Gasteiger charge is -2.40. The molecule has 7 heteroatoms. The smallest absolute Gasteiger partial charge is 0.527 e. The topological polar surface area (TPSA) is 93.8 Å². The van der Waals surface area contributed by atoms with Crippen LogP contribution in [0.3, 0.4) is 0 Å². The van der Waals surface area contributed by atoms with E-state index >= 15 is 0 Å². The van der Waals surface area contributed by atoms with Gasteiger partial charge in [-0.15, -0.1) is 0 Å². The molecule has 26 heavy (non-hydrogen) atoms. The molecule has 3 aliphatic rings. The Kier molecular flexibility index (Phi) is 4.57. The third kappa shape index (κ3) is 3.05. The van der Waals surface area contributed by atoms with Gasteiger partial charge in [-0.3, -0.25) is 0 Å². The van der Waals surface area contributed by atoms with Crippen molar-refractivity contribution in [2.24, 2.45) is 11.7 Å². The zero-order chi connectivity index (χ0) is 18.3. The summed E-state index contributed by atoms with van der Waals surface area (Å²) >= 11 is 0. The maximum Gasteiger partial charge on any atom is 0.618 e. The second-order valence-electron chi connectivity index (χ2n) is 7.55. The van der Waals surface area contributed by atoms with Crippen molar-refractivity contribution in [1.82, 2.24) is 5.32 Å². The number of nitrogens with two attached hydrogens (primary N) is 1. The fourth-order valence-electron chi connectivity index (χ4n) is 4.41. The van der Waals surface area contributed by atoms with Gasteiger partial charge in [-0.05, 0) is 43.7 Å². The van der Waals surface area contributed by atoms with E-state index in [2.05, 4.69) is 5.32 Å². The molecule has 1 saturated carbocycles. The van der Waals surface area contributed by atoms with Crippen LogP contribution in [0.4, 0.5) is 0 Å². The standard InChI is InChI=1S/C19H25BN2O4/c1-11-17(16(21)12-6-3-2-4-7-12)22-15-10-13-8-5-9-14(19(23)24)18(13)26-20(15)25-11/h5,8-9,12,15-16,22H,2-4,6-7,10,21H2,1H3,(H,23,24)/t15-,16+/m0/s1. The summed E-state index contributed by atoms with van der Waals surface area (Å²) in [4.78, 5) is 11.5. The minimum Gasteiger partial charge on any atom is -0.527 e. The number of allylic oxidation sites excluding steroid dienone is 1. The molecule has 1 aromatic carbocycles. The second-order valence-corrected chi connectivity index (χ2v) is 7.55. The quantitative estimate of drug-likeness (QED) is 0.721. The van der Waals surface area contributed by atoms with E-state index in [0.29, 0.717) is 18.1 Å². The number of aromatic carboxylic acids is 1. The van der Waals surface area contributed by atoms with Gasteiger partial charge in [-0.1, -0.05) is 31.4 Å². The zero-order valence-corrected chi connectivity index (χ0v) is 15.0. The molecule has 0 saturated heterocycles. The predicted octanol–water partition coefficient (Wildman–Crippen LogP) is 2.47. The van der Waals surface area contributed by atoms with Crippen molar-refractivity contribution in [3.8, 4) is 5.75 Å². The summed E-state index contributed by atoms with van der Waals surface area (Å²) in [6.07, 6.45) is 6.75. The Morgan fingerprint density at radius 3 is 2.81 bits per heavy atom. The summed E-state index contributed by atoms with van der Waals surface area (Å²) in [6.45, 7) is 1.91. The van der Waals surface area contributed by atoms with Gasteiger partial charge in [0.1, 0.15) is 5.75 Å². The molecule has 1 fully saturated rings. The lowest BCUT2D eigenvalue weighted by molar-refractivity contribution is 0.0694. The van der Waals surface area contributed by atoms with Crippen molar-refractivity contribution < 1.29 is 19.2 Å². The summed E-state index contributed by atoms with van der Waals surface area (Å²) in [7, 11) is -0.537. The monoisotopic (exact) mass is 356 g/mol. The fourth-order valence-corrected chi connectivity index (χ4v) is 4.41. The highest BCUT2D eigenvalue weighted by Gasteiger charge is 2.45. The molecule has 2 atom stereocenters. The largest absolute Gasteiger partial charge is 0.618 e. The van der Waals surface area contributed by atoms with Crippen LogP contribution in [0.15, 0.2) is 29.7 Å². The van der Waals surface area contributed by atoms with Gasteiger partial charge in [-0.25, -0.2) is 4.79 Å². The number of benzene rings is 1. The molecule has 2 heterocycles. The van der Waals surface area contributed by atoms with E-state index in [1.807, 2.05) is 13.0 Å². The number of carboxylic acid groups (broad SMARTS) is 1. The van der Waals surface area contributed by atoms with Crippen molar-refractivity contribution in [3.63, 3.8) is 0 Å². The highest BCUT2D eigenvalue weighted by molar-refractivity contribution is 6.48. The Hall–Kier alpha value is -2.15. The van der Waals surface area contributed by atoms with Crippen molar-refractivity contribution in [3.05, 3.63) is 40.8 Å². The fraction of sp³-hybridized carbons (Fsp3) is 0.526. The summed E-state index contributed by atoms with van der Waals surface area (Å²) in [5.41, 5.74) is 8.61. The molecule has 0 unspecified atom stereocenters. The minimum atomic E-state index is -0.989. The SMILES string of the molecule is CC1=C([C@H](N)C2CCCCC2)N[C@H]2Cc3cccc(C(=O)O)c3OB2O1. The molecule has 0 spiro atoms. The van der Waals surface area contributed by atoms with Gasteiger partial charge in [0.05, 0.1) is 29.0 Å². The van der Waals surface area contributed by atoms with Crippen molar-refractivity contribution in [2.45, 2.75) is 57.4 Å². The second kappa shape index (κ2) is 6.87. The number of fused-ring (bicyclic) bond motifs is 2. The molecule has 1 aromatic rings. The van der Waals surface area contributed by atoms with E-state index in [4.69, 9.17) is 15.0 Å². The van der Waals surface area contributed by atoms with Gasteiger partial charge in [0.25, 0.3) is 0 Å². The van der Waals surface area contributed by atoms with Crippen LogP contribution in [0, 0.1) is 5.92 Å². The average Bonchev–Trinajstić information content (AvgIpc) is 2.65. The van der Waals surface area contributed by atoms with Gasteiger partial charge in [0.2, 0.25) is 0 Å². The Morgan fingerprint density at radius 2 is 2.08 bits per heavy atom. The van der Waals surface area contributed by atoms with Crippen LogP contribution >= 0.6 is 0 Å². The maximum atomic E-state index is 11.5. The Labute approximate surface area is 153 Å². The molecule has 0 amide bonds. The molecular weight excluding hydrogens is 331 g/mol. The van der Waals surface area contributed by atoms with Crippen LogP contribution in [0.1, 0.15) is 54.9 Å². The van der Waals surface area contributed by atoms with Gasteiger partial charge in [0.15, 0.2) is 0 Å². The number of rotatable bonds is 3. The summed E-state index contributed by atoms with van der Waals surface area (Å²) in [5.74, 6) is 0.587. The molecule has 2 aliphatic heterocycles. The van der Waals surface area contributed by atoms with E-state index in [1.165, 1.54) is 19.3 Å². The van der Waals surface area contributed by atoms with Crippen molar-refractivity contribution >= 4 is 13.1 Å². The van der Waals surface area contributed by atoms with Crippen molar-refractivity contribution in [2.75, 3.05) is 0 Å². The Bertz CT molecular complexity index is 745. The van der Waals surface area contributed by atoms with Gasteiger partial charge >= 0.3 is 13.1 Å². The van der Waals surface area contributed by atoms with E-state index in [1.54, 1.807) is 12.1 Å². The van der Waals surface area contributed by atoms with Gasteiger partial charge in [0, 0.05) is 0 Å². The number of nitrogens with one attached hydrogen (secondary N) is 1. The number of carboxylic acids is 1. The molecule has 0 bridgehead atoms. The number of carbonyl (C=O) groups is 1. The highest BCUT2D eigenvalue weighted by Crippen LogP contribution is 2.35. The summed E-state index contributed by atoms with van der Waals surface area (Å²) < 4.78 is 12.0. The minimum absolute atomic E-state index is 0.0528. The van der Waals surface area contributed by atoms with Crippen LogP contribution < -0.4 is 15.7 Å². The number of hydrogen-bond acceptors (Lipinski definition) is 5. The maximum absolute atomic E-state index is 11.5. The lowest BCUT2D eigenvalue weighted by Crippen LogP contribution is -2.58. The third-order valence-electron chi connectivity index (χ3n) is 5.83. The first kappa shape index (κ1) is 17.3. The molecule has 1 aliphatic carbocycles. The van der Waals surface area contributed by atoms with Crippen LogP contribution in [-0.4, -0.2) is 30.2 Å². The molecule has 4 rings (SSSR count). The van der Waals surface area contributed by atoms with Gasteiger partial charge in [-0.2, -0.15) is 0 Å². The Morgan fingerprint density at radius 1 is 1.31 bits per heavy atom. The first-order chi connectivity index (χ1) is 12.5. The Balaban J connectivity index is 1.56. The molecule has 0 radical (unpaired) electrons. The van der Waals surface area contributed by atoms with Crippen LogP contribution in [0.5, 0.6) is 5.75 Å². The predicted molar refractivity (Wildman–Crippen MR) is 98.7 cm³/mol. The first-order valence-electron chi connectivity index (χ1n) is 9.46. The third-order valence-corrected chi connectivity index (χ3v) is 5.83. The summed E-state index contributed by atoms with van der Waals surface area (Å²) in [6, 6.07) is 5.17. The number of hydrogen-bond donors (Lipinski definition) is 3. The van der Waals surface area contributed by atoms with Crippen LogP contribution in [-0.2, 0) is 11.1 Å². The number of para-hydroxylation sites is 1. The van der Waals surface area contributed by atoms with E-state index < -0.39 is 13.1 Å². The van der Waals surface area contributed by atoms with E-state index in [9.17, 15) is 9.90 Å². The molecule has 6 nitrogen and oxygen atoms in total.